The van der Waals surface area contributed by atoms with Crippen LogP contribution in [0.1, 0.15) is 46.5 Å². The third-order valence-electron chi connectivity index (χ3n) is 4.45. The van der Waals surface area contributed by atoms with Crippen LogP contribution in [0, 0.1) is 17.3 Å². The second-order valence-corrected chi connectivity index (χ2v) is 5.56. The Morgan fingerprint density at radius 1 is 1.56 bits per heavy atom. The summed E-state index contributed by atoms with van der Waals surface area (Å²) >= 11 is 0. The first-order valence-corrected chi connectivity index (χ1v) is 6.24. The fraction of sp³-hybridized carbons (Fsp3) is 0.923. The van der Waals surface area contributed by atoms with Crippen molar-refractivity contribution in [1.29, 1.82) is 0 Å². The lowest BCUT2D eigenvalue weighted by Gasteiger charge is -2.47. The fourth-order valence-electron chi connectivity index (χ4n) is 3.16. The zero-order valence-corrected chi connectivity index (χ0v) is 11.0. The minimum Gasteiger partial charge on any atom is -0.469 e. The highest BCUT2D eigenvalue weighted by Crippen LogP contribution is 2.47. The molecule has 2 N–H and O–H groups in total. The van der Waals surface area contributed by atoms with Crippen LogP contribution in [-0.4, -0.2) is 19.1 Å². The largest absolute Gasteiger partial charge is 0.469 e. The van der Waals surface area contributed by atoms with Crippen molar-refractivity contribution in [3.05, 3.63) is 0 Å². The molecule has 1 rings (SSSR count). The van der Waals surface area contributed by atoms with Gasteiger partial charge in [0.15, 0.2) is 0 Å². The highest BCUT2D eigenvalue weighted by atomic mass is 16.5. The number of hydrogen-bond acceptors (Lipinski definition) is 3. The van der Waals surface area contributed by atoms with Crippen molar-refractivity contribution in [3.63, 3.8) is 0 Å². The van der Waals surface area contributed by atoms with Crippen LogP contribution in [0.4, 0.5) is 0 Å². The van der Waals surface area contributed by atoms with Crippen molar-refractivity contribution >= 4 is 5.97 Å². The van der Waals surface area contributed by atoms with Gasteiger partial charge in [0.05, 0.1) is 13.5 Å². The summed E-state index contributed by atoms with van der Waals surface area (Å²) in [7, 11) is 1.45. The molecule has 0 aromatic rings. The van der Waals surface area contributed by atoms with Gasteiger partial charge in [0.2, 0.25) is 0 Å². The van der Waals surface area contributed by atoms with Gasteiger partial charge >= 0.3 is 5.97 Å². The molecule has 94 valence electrons. The summed E-state index contributed by atoms with van der Waals surface area (Å²) in [6.45, 7) is 6.52. The van der Waals surface area contributed by atoms with Crippen molar-refractivity contribution in [3.8, 4) is 0 Å². The predicted molar refractivity (Wildman–Crippen MR) is 64.9 cm³/mol. The number of carbonyl (C=O) groups is 1. The van der Waals surface area contributed by atoms with Crippen LogP contribution >= 0.6 is 0 Å². The highest BCUT2D eigenvalue weighted by Gasteiger charge is 2.44. The molecule has 3 nitrogen and oxygen atoms in total. The molecule has 16 heavy (non-hydrogen) atoms. The summed E-state index contributed by atoms with van der Waals surface area (Å²) in [6, 6.07) is 0.0501. The molecule has 4 unspecified atom stereocenters. The van der Waals surface area contributed by atoms with Crippen LogP contribution in [-0.2, 0) is 9.53 Å². The quantitative estimate of drug-likeness (QED) is 0.753. The molecular formula is C13H25NO2. The summed E-state index contributed by atoms with van der Waals surface area (Å²) in [5.41, 5.74) is 6.08. The van der Waals surface area contributed by atoms with E-state index in [-0.39, 0.29) is 17.4 Å². The van der Waals surface area contributed by atoms with Crippen LogP contribution in [0.5, 0.6) is 0 Å². The molecule has 3 heteroatoms. The number of methoxy groups -OCH3 is 1. The molecular weight excluding hydrogens is 202 g/mol. The van der Waals surface area contributed by atoms with Crippen LogP contribution in [0.15, 0.2) is 0 Å². The molecule has 0 aliphatic heterocycles. The van der Waals surface area contributed by atoms with E-state index in [4.69, 9.17) is 10.5 Å². The monoisotopic (exact) mass is 227 g/mol. The van der Waals surface area contributed by atoms with Crippen molar-refractivity contribution in [2.75, 3.05) is 7.11 Å². The maximum atomic E-state index is 11.5. The lowest BCUT2D eigenvalue weighted by Crippen LogP contribution is -2.48. The lowest BCUT2D eigenvalue weighted by molar-refractivity contribution is -0.146. The molecule has 0 aromatic heterocycles. The first-order chi connectivity index (χ1) is 7.42. The molecule has 0 saturated heterocycles. The zero-order chi connectivity index (χ0) is 12.3. The summed E-state index contributed by atoms with van der Waals surface area (Å²) in [5, 5.41) is 0. The molecule has 0 radical (unpaired) electrons. The van der Waals surface area contributed by atoms with Gasteiger partial charge in [-0.2, -0.15) is 0 Å². The second kappa shape index (κ2) is 5.17. The van der Waals surface area contributed by atoms with Gasteiger partial charge in [-0.1, -0.05) is 20.3 Å². The third-order valence-corrected chi connectivity index (χ3v) is 4.45. The first-order valence-electron chi connectivity index (χ1n) is 6.24. The maximum absolute atomic E-state index is 11.5. The minimum absolute atomic E-state index is 0.0501. The third kappa shape index (κ3) is 2.57. The molecule has 0 aromatic carbocycles. The van der Waals surface area contributed by atoms with Gasteiger partial charge in [-0.15, -0.1) is 0 Å². The van der Waals surface area contributed by atoms with Gasteiger partial charge in [0, 0.05) is 6.04 Å². The Balaban J connectivity index is 2.83. The summed E-state index contributed by atoms with van der Waals surface area (Å²) in [6.07, 6.45) is 3.85. The van der Waals surface area contributed by atoms with E-state index in [0.717, 1.165) is 12.3 Å². The first kappa shape index (κ1) is 13.5. The van der Waals surface area contributed by atoms with Gasteiger partial charge in [-0.25, -0.2) is 0 Å². The van der Waals surface area contributed by atoms with Crippen LogP contribution in [0.3, 0.4) is 0 Å². The Hall–Kier alpha value is -0.570. The fourth-order valence-corrected chi connectivity index (χ4v) is 3.16. The van der Waals surface area contributed by atoms with Crippen molar-refractivity contribution in [1.82, 2.24) is 0 Å². The van der Waals surface area contributed by atoms with Crippen LogP contribution in [0.25, 0.3) is 0 Å². The van der Waals surface area contributed by atoms with E-state index < -0.39 is 0 Å². The van der Waals surface area contributed by atoms with E-state index in [1.807, 2.05) is 6.92 Å². The molecule has 0 amide bonds. The van der Waals surface area contributed by atoms with Crippen molar-refractivity contribution < 1.29 is 9.53 Å². The summed E-state index contributed by atoms with van der Waals surface area (Å²) in [5.74, 6) is 1.12. The molecule has 0 spiro atoms. The highest BCUT2D eigenvalue weighted by molar-refractivity contribution is 5.70. The molecule has 0 heterocycles. The van der Waals surface area contributed by atoms with Gasteiger partial charge < -0.3 is 10.5 Å². The number of rotatable bonds is 3. The Kier molecular flexibility index (Phi) is 4.36. The second-order valence-electron chi connectivity index (χ2n) is 5.56. The number of ether oxygens (including phenoxy) is 1. The summed E-state index contributed by atoms with van der Waals surface area (Å²) in [4.78, 5) is 11.5. The zero-order valence-electron chi connectivity index (χ0n) is 11.0. The number of carbonyl (C=O) groups excluding carboxylic acids is 1. The van der Waals surface area contributed by atoms with Crippen LogP contribution in [0.2, 0.25) is 0 Å². The van der Waals surface area contributed by atoms with E-state index >= 15 is 0 Å². The van der Waals surface area contributed by atoms with Crippen molar-refractivity contribution in [2.45, 2.75) is 52.5 Å². The normalized spacial score (nSPS) is 36.8. The molecule has 4 atom stereocenters. The number of esters is 1. The van der Waals surface area contributed by atoms with Crippen molar-refractivity contribution in [2.24, 2.45) is 23.0 Å². The van der Waals surface area contributed by atoms with E-state index in [1.54, 1.807) is 0 Å². The van der Waals surface area contributed by atoms with Gasteiger partial charge in [-0.3, -0.25) is 4.79 Å². The van der Waals surface area contributed by atoms with E-state index in [1.165, 1.54) is 20.0 Å². The average molecular weight is 227 g/mol. The SMILES string of the molecule is COC(=O)CC1(C(C)N)CCC(C)CC1C. The Bertz CT molecular complexity index is 252. The predicted octanol–water partition coefficient (Wildman–Crippen LogP) is 2.34. The Labute approximate surface area is 98.7 Å². The van der Waals surface area contributed by atoms with Gasteiger partial charge in [0.1, 0.15) is 0 Å². The van der Waals surface area contributed by atoms with Gasteiger partial charge in [0.25, 0.3) is 0 Å². The molecule has 1 fully saturated rings. The average Bonchev–Trinajstić information content (AvgIpc) is 2.21. The molecule has 1 aliphatic rings. The Morgan fingerprint density at radius 3 is 2.62 bits per heavy atom. The van der Waals surface area contributed by atoms with E-state index in [9.17, 15) is 4.79 Å². The Morgan fingerprint density at radius 2 is 2.19 bits per heavy atom. The molecule has 1 aliphatic carbocycles. The smallest absolute Gasteiger partial charge is 0.306 e. The van der Waals surface area contributed by atoms with E-state index in [0.29, 0.717) is 12.3 Å². The standard InChI is InChI=1S/C13H25NO2/c1-9-5-6-13(11(3)14,10(2)7-9)8-12(15)16-4/h9-11H,5-8,14H2,1-4H3. The maximum Gasteiger partial charge on any atom is 0.306 e. The lowest BCUT2D eigenvalue weighted by atomic mass is 9.59. The van der Waals surface area contributed by atoms with E-state index in [2.05, 4.69) is 13.8 Å². The van der Waals surface area contributed by atoms with Crippen LogP contribution < -0.4 is 5.73 Å². The van der Waals surface area contributed by atoms with Gasteiger partial charge in [-0.05, 0) is 37.0 Å². The minimum atomic E-state index is -0.126. The number of nitrogens with two attached hydrogens (primary N) is 1. The molecule has 1 saturated carbocycles. The molecule has 0 bridgehead atoms. The topological polar surface area (TPSA) is 52.3 Å². The number of hydrogen-bond donors (Lipinski definition) is 1. The summed E-state index contributed by atoms with van der Waals surface area (Å²) < 4.78 is 4.81.